The highest BCUT2D eigenvalue weighted by Gasteiger charge is 2.19. The quantitative estimate of drug-likeness (QED) is 0.402. The molecule has 3 aromatic carbocycles. The third-order valence-electron chi connectivity index (χ3n) is 5.53. The molecule has 0 aliphatic rings. The van der Waals surface area contributed by atoms with E-state index in [9.17, 15) is 9.90 Å². The zero-order valence-corrected chi connectivity index (χ0v) is 19.5. The molecule has 3 aromatic rings. The Morgan fingerprint density at radius 2 is 1.61 bits per heavy atom. The van der Waals surface area contributed by atoms with Crippen molar-refractivity contribution in [3.63, 3.8) is 0 Å². The maximum Gasteiger partial charge on any atom is 0.255 e. The predicted molar refractivity (Wildman–Crippen MR) is 132 cm³/mol. The predicted octanol–water partition coefficient (Wildman–Crippen LogP) is 5.04. The number of anilines is 1. The molecule has 0 saturated carbocycles. The normalized spacial score (nSPS) is 11.8. The molecule has 0 aliphatic carbocycles. The summed E-state index contributed by atoms with van der Waals surface area (Å²) >= 11 is 0. The Labute approximate surface area is 195 Å². The van der Waals surface area contributed by atoms with E-state index in [1.54, 1.807) is 25.3 Å². The largest absolute Gasteiger partial charge is 0.493 e. The molecular formula is C27H32N2O4. The van der Waals surface area contributed by atoms with Crippen LogP contribution in [0.2, 0.25) is 0 Å². The highest BCUT2D eigenvalue weighted by Crippen LogP contribution is 2.32. The number of aliphatic hydroxyl groups excluding tert-OH is 1. The SMILES string of the molecule is CCN(CC)[C@@H](CCO)Oc1ccc(NC(=O)c2ccc(-c3ccccc3)cc2)cc1OC. The summed E-state index contributed by atoms with van der Waals surface area (Å²) in [4.78, 5) is 14.9. The Hall–Kier alpha value is -3.35. The molecule has 0 bridgehead atoms. The van der Waals surface area contributed by atoms with Crippen LogP contribution in [0.15, 0.2) is 72.8 Å². The Balaban J connectivity index is 1.71. The smallest absolute Gasteiger partial charge is 0.255 e. The van der Waals surface area contributed by atoms with E-state index in [0.717, 1.165) is 24.2 Å². The number of nitrogens with one attached hydrogen (secondary N) is 1. The van der Waals surface area contributed by atoms with Gasteiger partial charge in [0.2, 0.25) is 0 Å². The average molecular weight is 449 g/mol. The standard InChI is InChI=1S/C27H32N2O4/c1-4-29(5-2)26(17-18-30)33-24-16-15-23(19-25(24)32-3)28-27(31)22-13-11-21(12-14-22)20-9-7-6-8-10-20/h6-16,19,26,30H,4-5,17-18H2,1-3H3,(H,28,31)/t26-/m1/s1. The molecule has 6 heteroatoms. The van der Waals surface area contributed by atoms with Gasteiger partial charge in [-0.3, -0.25) is 9.69 Å². The molecule has 6 nitrogen and oxygen atoms in total. The number of hydrogen-bond donors (Lipinski definition) is 2. The molecule has 1 amide bonds. The first-order chi connectivity index (χ1) is 16.1. The van der Waals surface area contributed by atoms with E-state index >= 15 is 0 Å². The topological polar surface area (TPSA) is 71.0 Å². The van der Waals surface area contributed by atoms with E-state index in [1.807, 2.05) is 54.6 Å². The summed E-state index contributed by atoms with van der Waals surface area (Å²) in [6.45, 7) is 5.75. The summed E-state index contributed by atoms with van der Waals surface area (Å²) in [5, 5.41) is 12.3. The van der Waals surface area contributed by atoms with Gasteiger partial charge in [0.25, 0.3) is 5.91 Å². The molecule has 0 aliphatic heterocycles. The Bertz CT molecular complexity index is 1020. The van der Waals surface area contributed by atoms with Crippen LogP contribution in [0, 0.1) is 0 Å². The van der Waals surface area contributed by atoms with E-state index in [2.05, 4.69) is 24.1 Å². The van der Waals surface area contributed by atoms with Crippen LogP contribution in [-0.2, 0) is 0 Å². The van der Waals surface area contributed by atoms with Gasteiger partial charge in [0.1, 0.15) is 0 Å². The maximum absolute atomic E-state index is 12.8. The van der Waals surface area contributed by atoms with E-state index in [0.29, 0.717) is 29.2 Å². The van der Waals surface area contributed by atoms with Gasteiger partial charge >= 0.3 is 0 Å². The molecule has 2 N–H and O–H groups in total. The number of benzene rings is 3. The molecule has 1 atom stereocenters. The van der Waals surface area contributed by atoms with Gasteiger partial charge in [-0.1, -0.05) is 56.3 Å². The van der Waals surface area contributed by atoms with Gasteiger partial charge in [-0.15, -0.1) is 0 Å². The van der Waals surface area contributed by atoms with Gasteiger partial charge in [0, 0.05) is 30.3 Å². The van der Waals surface area contributed by atoms with Gasteiger partial charge in [-0.2, -0.15) is 0 Å². The fourth-order valence-electron chi connectivity index (χ4n) is 3.69. The van der Waals surface area contributed by atoms with Crippen molar-refractivity contribution >= 4 is 11.6 Å². The number of rotatable bonds is 11. The van der Waals surface area contributed by atoms with Crippen molar-refractivity contribution in [3.05, 3.63) is 78.4 Å². The minimum Gasteiger partial charge on any atom is -0.493 e. The molecule has 0 spiro atoms. The molecule has 0 fully saturated rings. The van der Waals surface area contributed by atoms with Crippen molar-refractivity contribution in [2.24, 2.45) is 0 Å². The third kappa shape index (κ3) is 6.34. The highest BCUT2D eigenvalue weighted by atomic mass is 16.5. The molecule has 0 saturated heterocycles. The number of nitrogens with zero attached hydrogens (tertiary/aromatic N) is 1. The molecule has 0 unspecified atom stereocenters. The van der Waals surface area contributed by atoms with Crippen LogP contribution >= 0.6 is 0 Å². The summed E-state index contributed by atoms with van der Waals surface area (Å²) < 4.78 is 11.7. The van der Waals surface area contributed by atoms with Crippen molar-refractivity contribution < 1.29 is 19.4 Å². The molecule has 0 radical (unpaired) electrons. The zero-order chi connectivity index (χ0) is 23.6. The summed E-state index contributed by atoms with van der Waals surface area (Å²) in [5.41, 5.74) is 3.34. The monoisotopic (exact) mass is 448 g/mol. The van der Waals surface area contributed by atoms with Crippen LogP contribution < -0.4 is 14.8 Å². The number of carbonyl (C=O) groups excluding carboxylic acids is 1. The third-order valence-corrected chi connectivity index (χ3v) is 5.53. The lowest BCUT2D eigenvalue weighted by molar-refractivity contribution is 0.0122. The first-order valence-electron chi connectivity index (χ1n) is 11.3. The lowest BCUT2D eigenvalue weighted by Gasteiger charge is -2.30. The Kier molecular flexibility index (Phi) is 8.87. The molecule has 0 heterocycles. The number of carbonyl (C=O) groups is 1. The van der Waals surface area contributed by atoms with Crippen molar-refractivity contribution in [2.75, 3.05) is 32.1 Å². The first-order valence-corrected chi connectivity index (χ1v) is 11.3. The maximum atomic E-state index is 12.8. The van der Waals surface area contributed by atoms with Crippen LogP contribution in [0.1, 0.15) is 30.6 Å². The fraction of sp³-hybridized carbons (Fsp3) is 0.296. The molecule has 33 heavy (non-hydrogen) atoms. The second-order valence-electron chi connectivity index (χ2n) is 7.57. The average Bonchev–Trinajstić information content (AvgIpc) is 2.86. The first kappa shape index (κ1) is 24.3. The van der Waals surface area contributed by atoms with Gasteiger partial charge in [-0.25, -0.2) is 0 Å². The summed E-state index contributed by atoms with van der Waals surface area (Å²) in [7, 11) is 1.56. The van der Waals surface area contributed by atoms with Crippen LogP contribution in [-0.4, -0.2) is 48.9 Å². The number of methoxy groups -OCH3 is 1. The lowest BCUT2D eigenvalue weighted by atomic mass is 10.0. The minimum absolute atomic E-state index is 0.0285. The van der Waals surface area contributed by atoms with E-state index < -0.39 is 0 Å². The molecule has 174 valence electrons. The summed E-state index contributed by atoms with van der Waals surface area (Å²) in [6, 6.07) is 22.9. The van der Waals surface area contributed by atoms with Crippen LogP contribution in [0.25, 0.3) is 11.1 Å². The molecule has 3 rings (SSSR count). The van der Waals surface area contributed by atoms with Crippen LogP contribution in [0.4, 0.5) is 5.69 Å². The number of aliphatic hydroxyl groups is 1. The molecule has 0 aromatic heterocycles. The zero-order valence-electron chi connectivity index (χ0n) is 19.5. The summed E-state index contributed by atoms with van der Waals surface area (Å²) in [6.07, 6.45) is 0.227. The van der Waals surface area contributed by atoms with Gasteiger partial charge in [0.15, 0.2) is 17.7 Å². The van der Waals surface area contributed by atoms with Gasteiger partial charge in [-0.05, 0) is 48.5 Å². The van der Waals surface area contributed by atoms with Crippen molar-refractivity contribution in [1.29, 1.82) is 0 Å². The van der Waals surface area contributed by atoms with Crippen LogP contribution in [0.3, 0.4) is 0 Å². The van der Waals surface area contributed by atoms with Crippen LogP contribution in [0.5, 0.6) is 11.5 Å². The van der Waals surface area contributed by atoms with Gasteiger partial charge in [0.05, 0.1) is 7.11 Å². The van der Waals surface area contributed by atoms with E-state index in [1.165, 1.54) is 0 Å². The minimum atomic E-state index is -0.262. The fourth-order valence-corrected chi connectivity index (χ4v) is 3.69. The second kappa shape index (κ2) is 12.0. The van der Waals surface area contributed by atoms with Gasteiger partial charge < -0.3 is 19.9 Å². The summed E-state index contributed by atoms with van der Waals surface area (Å²) in [5.74, 6) is 0.877. The molecular weight excluding hydrogens is 416 g/mol. The highest BCUT2D eigenvalue weighted by molar-refractivity contribution is 6.04. The van der Waals surface area contributed by atoms with Crippen molar-refractivity contribution in [2.45, 2.75) is 26.5 Å². The lowest BCUT2D eigenvalue weighted by Crippen LogP contribution is -2.40. The van der Waals surface area contributed by atoms with E-state index in [4.69, 9.17) is 9.47 Å². The number of amides is 1. The van der Waals surface area contributed by atoms with E-state index in [-0.39, 0.29) is 18.7 Å². The Morgan fingerprint density at radius 1 is 0.939 bits per heavy atom. The number of ether oxygens (including phenoxy) is 2. The van der Waals surface area contributed by atoms with Crippen molar-refractivity contribution in [1.82, 2.24) is 4.90 Å². The second-order valence-corrected chi connectivity index (χ2v) is 7.57. The number of hydrogen-bond acceptors (Lipinski definition) is 5. The Morgan fingerprint density at radius 3 is 2.21 bits per heavy atom. The van der Waals surface area contributed by atoms with Crippen molar-refractivity contribution in [3.8, 4) is 22.6 Å².